The first-order valence-corrected chi connectivity index (χ1v) is 6.44. The van der Waals surface area contributed by atoms with Crippen molar-refractivity contribution in [2.45, 2.75) is 47.0 Å². The maximum atomic E-state index is 10.7. The van der Waals surface area contributed by atoms with Gasteiger partial charge in [-0.3, -0.25) is 9.59 Å². The highest BCUT2D eigenvalue weighted by Crippen LogP contribution is 1.89. The SMILES string of the molecule is CCCC(=O)COCC.CCOCOC(=O)CC. The second-order valence-electron chi connectivity index (χ2n) is 3.41. The zero-order valence-corrected chi connectivity index (χ0v) is 12.0. The Morgan fingerprint density at radius 2 is 1.56 bits per heavy atom. The van der Waals surface area contributed by atoms with Gasteiger partial charge >= 0.3 is 5.97 Å². The lowest BCUT2D eigenvalue weighted by Crippen LogP contribution is -2.07. The van der Waals surface area contributed by atoms with Crippen molar-refractivity contribution in [2.75, 3.05) is 26.6 Å². The van der Waals surface area contributed by atoms with Gasteiger partial charge in [0.1, 0.15) is 6.61 Å². The molecule has 108 valence electrons. The topological polar surface area (TPSA) is 61.8 Å². The number of ketones is 1. The summed E-state index contributed by atoms with van der Waals surface area (Å²) in [6, 6.07) is 0. The van der Waals surface area contributed by atoms with E-state index in [2.05, 4.69) is 4.74 Å². The predicted molar refractivity (Wildman–Crippen MR) is 69.3 cm³/mol. The van der Waals surface area contributed by atoms with Gasteiger partial charge in [-0.05, 0) is 20.3 Å². The molecule has 18 heavy (non-hydrogen) atoms. The van der Waals surface area contributed by atoms with E-state index in [0.717, 1.165) is 6.42 Å². The maximum absolute atomic E-state index is 10.7. The van der Waals surface area contributed by atoms with E-state index in [0.29, 0.717) is 32.7 Å². The highest BCUT2D eigenvalue weighted by Gasteiger charge is 1.97. The molecular formula is C13H26O5. The van der Waals surface area contributed by atoms with E-state index in [1.807, 2.05) is 20.8 Å². The summed E-state index contributed by atoms with van der Waals surface area (Å²) in [4.78, 5) is 21.1. The number of carbonyl (C=O) groups is 2. The number of rotatable bonds is 9. The smallest absolute Gasteiger partial charge is 0.307 e. The van der Waals surface area contributed by atoms with Crippen molar-refractivity contribution >= 4 is 11.8 Å². The Kier molecular flexibility index (Phi) is 17.3. The molecule has 0 rings (SSSR count). The molecule has 0 amide bonds. The fraction of sp³-hybridized carbons (Fsp3) is 0.846. The normalized spacial score (nSPS) is 9.33. The van der Waals surface area contributed by atoms with Crippen LogP contribution in [0.25, 0.3) is 0 Å². The van der Waals surface area contributed by atoms with E-state index >= 15 is 0 Å². The van der Waals surface area contributed by atoms with Crippen molar-refractivity contribution in [1.29, 1.82) is 0 Å². The second-order valence-corrected chi connectivity index (χ2v) is 3.41. The molecule has 0 fully saturated rings. The molecule has 0 radical (unpaired) electrons. The first kappa shape index (κ1) is 19.4. The third-order valence-corrected chi connectivity index (χ3v) is 1.79. The van der Waals surface area contributed by atoms with Gasteiger partial charge in [-0.15, -0.1) is 0 Å². The molecule has 0 unspecified atom stereocenters. The largest absolute Gasteiger partial charge is 0.438 e. The number of hydrogen-bond donors (Lipinski definition) is 0. The van der Waals surface area contributed by atoms with Crippen LogP contribution in [0.5, 0.6) is 0 Å². The molecule has 0 aromatic heterocycles. The third-order valence-electron chi connectivity index (χ3n) is 1.79. The number of carbonyl (C=O) groups excluding carboxylic acids is 2. The van der Waals surface area contributed by atoms with E-state index in [1.54, 1.807) is 6.92 Å². The van der Waals surface area contributed by atoms with Gasteiger partial charge in [-0.1, -0.05) is 13.8 Å². The number of ether oxygens (including phenoxy) is 3. The van der Waals surface area contributed by atoms with Crippen LogP contribution >= 0.6 is 0 Å². The molecule has 0 aliphatic heterocycles. The lowest BCUT2D eigenvalue weighted by Gasteiger charge is -2.00. The highest BCUT2D eigenvalue weighted by atomic mass is 16.7. The molecule has 5 nitrogen and oxygen atoms in total. The standard InChI is InChI=1S/C7H14O2.C6H12O3/c1-3-5-7(8)6-9-4-2;1-3-6(7)9-5-8-4-2/h3-6H2,1-2H3;3-5H2,1-2H3. The van der Waals surface area contributed by atoms with E-state index in [9.17, 15) is 9.59 Å². The lowest BCUT2D eigenvalue weighted by molar-refractivity contribution is -0.155. The van der Waals surface area contributed by atoms with Crippen LogP contribution in [-0.2, 0) is 23.8 Å². The summed E-state index contributed by atoms with van der Waals surface area (Å²) in [5, 5.41) is 0. The predicted octanol–water partition coefficient (Wildman–Crippen LogP) is 2.33. The highest BCUT2D eigenvalue weighted by molar-refractivity contribution is 5.79. The van der Waals surface area contributed by atoms with Gasteiger partial charge < -0.3 is 14.2 Å². The van der Waals surface area contributed by atoms with Crippen LogP contribution < -0.4 is 0 Å². The third kappa shape index (κ3) is 17.5. The Balaban J connectivity index is 0. The average Bonchev–Trinajstić information content (AvgIpc) is 2.37. The molecule has 0 N–H and O–H groups in total. The summed E-state index contributed by atoms with van der Waals surface area (Å²) in [6.45, 7) is 9.07. The zero-order chi connectivity index (χ0) is 14.2. The molecular weight excluding hydrogens is 236 g/mol. The van der Waals surface area contributed by atoms with E-state index in [1.165, 1.54) is 0 Å². The minimum absolute atomic E-state index is 0.0865. The first-order valence-electron chi connectivity index (χ1n) is 6.44. The fourth-order valence-corrected chi connectivity index (χ4v) is 0.860. The van der Waals surface area contributed by atoms with Crippen molar-refractivity contribution in [3.63, 3.8) is 0 Å². The number of esters is 1. The maximum Gasteiger partial charge on any atom is 0.307 e. The van der Waals surface area contributed by atoms with Crippen LogP contribution in [0, 0.1) is 0 Å². The Labute approximate surface area is 110 Å². The average molecular weight is 262 g/mol. The van der Waals surface area contributed by atoms with Crippen molar-refractivity contribution in [3.8, 4) is 0 Å². The minimum atomic E-state index is -0.219. The summed E-state index contributed by atoms with van der Waals surface area (Å²) in [5.74, 6) is -0.0113. The molecule has 0 heterocycles. The fourth-order valence-electron chi connectivity index (χ4n) is 0.860. The Bertz CT molecular complexity index is 204. The molecule has 0 atom stereocenters. The van der Waals surface area contributed by atoms with E-state index in [-0.39, 0.29) is 18.5 Å². The summed E-state index contributed by atoms with van der Waals surface area (Å²) in [7, 11) is 0. The molecule has 0 aromatic rings. The number of hydrogen-bond acceptors (Lipinski definition) is 5. The van der Waals surface area contributed by atoms with Gasteiger partial charge in [0.2, 0.25) is 0 Å². The summed E-state index contributed by atoms with van der Waals surface area (Å²) >= 11 is 0. The summed E-state index contributed by atoms with van der Waals surface area (Å²) < 4.78 is 14.2. The molecule has 0 aliphatic rings. The molecule has 0 aliphatic carbocycles. The first-order chi connectivity index (χ1) is 8.62. The van der Waals surface area contributed by atoms with Gasteiger partial charge in [-0.2, -0.15) is 0 Å². The van der Waals surface area contributed by atoms with E-state index in [4.69, 9.17) is 9.47 Å². The van der Waals surface area contributed by atoms with Crippen LogP contribution in [0.2, 0.25) is 0 Å². The zero-order valence-electron chi connectivity index (χ0n) is 12.0. The molecule has 0 saturated heterocycles. The Hall–Kier alpha value is -0.940. The summed E-state index contributed by atoms with van der Waals surface area (Å²) in [6.07, 6.45) is 1.99. The second kappa shape index (κ2) is 16.1. The van der Waals surface area contributed by atoms with Crippen LogP contribution in [0.3, 0.4) is 0 Å². The van der Waals surface area contributed by atoms with Gasteiger partial charge in [0.15, 0.2) is 12.6 Å². The van der Waals surface area contributed by atoms with Gasteiger partial charge in [0.05, 0.1) is 0 Å². The Morgan fingerprint density at radius 1 is 0.944 bits per heavy atom. The monoisotopic (exact) mass is 262 g/mol. The van der Waals surface area contributed by atoms with Crippen LogP contribution in [0.4, 0.5) is 0 Å². The van der Waals surface area contributed by atoms with Gasteiger partial charge in [0.25, 0.3) is 0 Å². The molecule has 0 bridgehead atoms. The summed E-state index contributed by atoms with van der Waals surface area (Å²) in [5.41, 5.74) is 0. The van der Waals surface area contributed by atoms with E-state index < -0.39 is 0 Å². The van der Waals surface area contributed by atoms with Crippen LogP contribution in [-0.4, -0.2) is 38.4 Å². The minimum Gasteiger partial charge on any atom is -0.438 e. The van der Waals surface area contributed by atoms with Crippen LogP contribution in [0.15, 0.2) is 0 Å². The van der Waals surface area contributed by atoms with Crippen molar-refractivity contribution < 1.29 is 23.8 Å². The lowest BCUT2D eigenvalue weighted by atomic mass is 10.2. The molecule has 0 saturated carbocycles. The van der Waals surface area contributed by atoms with Crippen LogP contribution in [0.1, 0.15) is 47.0 Å². The quantitative estimate of drug-likeness (QED) is 0.362. The molecule has 5 heteroatoms. The van der Waals surface area contributed by atoms with Gasteiger partial charge in [-0.25, -0.2) is 0 Å². The van der Waals surface area contributed by atoms with Crippen molar-refractivity contribution in [3.05, 3.63) is 0 Å². The Morgan fingerprint density at radius 3 is 2.00 bits per heavy atom. The number of Topliss-reactive ketones (excluding diaryl/α,β-unsaturated/α-hetero) is 1. The molecule has 0 aromatic carbocycles. The van der Waals surface area contributed by atoms with Gasteiger partial charge in [0, 0.05) is 26.1 Å². The van der Waals surface area contributed by atoms with Crippen molar-refractivity contribution in [1.82, 2.24) is 0 Å². The van der Waals surface area contributed by atoms with Crippen molar-refractivity contribution in [2.24, 2.45) is 0 Å². The molecule has 0 spiro atoms.